The summed E-state index contributed by atoms with van der Waals surface area (Å²) in [7, 11) is 0. The van der Waals surface area contributed by atoms with Gasteiger partial charge in [-0.25, -0.2) is 0 Å². The number of amides is 1. The molecule has 1 fully saturated rings. The van der Waals surface area contributed by atoms with Gasteiger partial charge in [-0.05, 0) is 30.5 Å². The third-order valence-electron chi connectivity index (χ3n) is 4.44. The van der Waals surface area contributed by atoms with E-state index in [1.165, 1.54) is 16.2 Å². The number of Topliss-reactive ketones (excluding diaryl/α,β-unsaturated/α-hetero) is 1. The van der Waals surface area contributed by atoms with Crippen LogP contribution < -0.4 is 5.32 Å². The summed E-state index contributed by atoms with van der Waals surface area (Å²) < 4.78 is 5.44. The predicted molar refractivity (Wildman–Crippen MR) is 105 cm³/mol. The molecule has 3 heterocycles. The molecular weight excluding hydrogens is 368 g/mol. The van der Waals surface area contributed by atoms with Gasteiger partial charge in [0.15, 0.2) is 5.78 Å². The monoisotopic (exact) mass is 392 g/mol. The Kier molecular flexibility index (Phi) is 6.96. The summed E-state index contributed by atoms with van der Waals surface area (Å²) in [5.74, 6) is -0.0253. The van der Waals surface area contributed by atoms with Crippen LogP contribution in [-0.4, -0.2) is 49.4 Å². The van der Waals surface area contributed by atoms with Crippen molar-refractivity contribution in [3.05, 3.63) is 44.3 Å². The molecule has 2 aromatic rings. The van der Waals surface area contributed by atoms with E-state index >= 15 is 0 Å². The fourth-order valence-electron chi connectivity index (χ4n) is 3.01. The van der Waals surface area contributed by atoms with Crippen LogP contribution in [0.1, 0.15) is 38.3 Å². The van der Waals surface area contributed by atoms with Crippen LogP contribution in [0.3, 0.4) is 0 Å². The molecule has 0 bridgehead atoms. The number of ether oxygens (including phenoxy) is 1. The minimum atomic E-state index is -0.0681. The van der Waals surface area contributed by atoms with Crippen molar-refractivity contribution in [1.82, 2.24) is 10.2 Å². The van der Waals surface area contributed by atoms with Gasteiger partial charge in [0.25, 0.3) is 0 Å². The predicted octanol–water partition coefficient (Wildman–Crippen LogP) is 3.27. The number of hydrogen-bond donors (Lipinski definition) is 1. The van der Waals surface area contributed by atoms with Crippen molar-refractivity contribution in [3.8, 4) is 0 Å². The molecule has 1 amide bonds. The molecule has 26 heavy (non-hydrogen) atoms. The van der Waals surface area contributed by atoms with E-state index in [0.717, 1.165) is 36.1 Å². The number of nitrogens with one attached hydrogen (secondary N) is 1. The molecule has 1 atom stereocenters. The summed E-state index contributed by atoms with van der Waals surface area (Å²) in [5, 5.41) is 5.08. The summed E-state index contributed by atoms with van der Waals surface area (Å²) in [5.41, 5.74) is 0. The first kappa shape index (κ1) is 19.2. The Morgan fingerprint density at radius 1 is 1.23 bits per heavy atom. The van der Waals surface area contributed by atoms with E-state index in [-0.39, 0.29) is 30.6 Å². The van der Waals surface area contributed by atoms with Crippen LogP contribution in [0.4, 0.5) is 0 Å². The zero-order valence-electron chi connectivity index (χ0n) is 14.9. The van der Waals surface area contributed by atoms with Gasteiger partial charge in [-0.1, -0.05) is 6.07 Å². The van der Waals surface area contributed by atoms with Crippen LogP contribution in [0.5, 0.6) is 0 Å². The minimum Gasteiger partial charge on any atom is -0.379 e. The second kappa shape index (κ2) is 9.41. The van der Waals surface area contributed by atoms with Crippen LogP contribution in [-0.2, 0) is 9.53 Å². The Hall–Kier alpha value is -1.54. The van der Waals surface area contributed by atoms with Crippen molar-refractivity contribution in [2.45, 2.75) is 25.8 Å². The van der Waals surface area contributed by atoms with E-state index in [9.17, 15) is 9.59 Å². The van der Waals surface area contributed by atoms with Crippen LogP contribution in [0.15, 0.2) is 29.6 Å². The van der Waals surface area contributed by atoms with Crippen LogP contribution >= 0.6 is 22.7 Å². The number of hydrogen-bond acceptors (Lipinski definition) is 6. The number of carbonyl (C=O) groups excluding carboxylic acids is 2. The molecule has 0 radical (unpaired) electrons. The van der Waals surface area contributed by atoms with Gasteiger partial charge in [0.2, 0.25) is 5.91 Å². The molecule has 7 heteroatoms. The number of morpholine rings is 1. The van der Waals surface area contributed by atoms with Gasteiger partial charge in [-0.15, -0.1) is 22.7 Å². The third-order valence-corrected chi connectivity index (χ3v) is 6.46. The second-order valence-electron chi connectivity index (χ2n) is 6.32. The maximum Gasteiger partial charge on any atom is 0.220 e. The highest BCUT2D eigenvalue weighted by atomic mass is 32.1. The molecule has 0 aliphatic carbocycles. The van der Waals surface area contributed by atoms with Crippen LogP contribution in [0, 0.1) is 6.92 Å². The lowest BCUT2D eigenvalue weighted by Crippen LogP contribution is -2.43. The van der Waals surface area contributed by atoms with Gasteiger partial charge in [-0.2, -0.15) is 0 Å². The molecule has 5 nitrogen and oxygen atoms in total. The number of rotatable bonds is 8. The Labute approximate surface area is 162 Å². The normalized spacial score (nSPS) is 16.3. The second-order valence-corrected chi connectivity index (χ2v) is 8.58. The van der Waals surface area contributed by atoms with E-state index in [0.29, 0.717) is 6.54 Å². The van der Waals surface area contributed by atoms with Gasteiger partial charge in [-0.3, -0.25) is 14.5 Å². The molecule has 1 unspecified atom stereocenters. The smallest absolute Gasteiger partial charge is 0.220 e. The van der Waals surface area contributed by atoms with E-state index in [4.69, 9.17) is 4.74 Å². The first-order chi connectivity index (χ1) is 12.6. The Morgan fingerprint density at radius 2 is 2.04 bits per heavy atom. The summed E-state index contributed by atoms with van der Waals surface area (Å²) in [4.78, 5) is 29.8. The lowest BCUT2D eigenvalue weighted by atomic mass is 10.1. The molecule has 1 aliphatic rings. The van der Waals surface area contributed by atoms with Crippen LogP contribution in [0.2, 0.25) is 0 Å². The van der Waals surface area contributed by atoms with Gasteiger partial charge in [0, 0.05) is 42.2 Å². The fourth-order valence-corrected chi connectivity index (χ4v) is 4.71. The van der Waals surface area contributed by atoms with Crippen molar-refractivity contribution >= 4 is 34.4 Å². The highest BCUT2D eigenvalue weighted by Gasteiger charge is 2.24. The van der Waals surface area contributed by atoms with Crippen molar-refractivity contribution < 1.29 is 14.3 Å². The largest absolute Gasteiger partial charge is 0.379 e. The number of aryl methyl sites for hydroxylation is 1. The first-order valence-corrected chi connectivity index (χ1v) is 10.5. The summed E-state index contributed by atoms with van der Waals surface area (Å²) in [6.07, 6.45) is 0.489. The molecule has 0 spiro atoms. The zero-order valence-corrected chi connectivity index (χ0v) is 16.5. The molecular formula is C19H24N2O3S2. The summed E-state index contributed by atoms with van der Waals surface area (Å²) in [6, 6.07) is 8.09. The minimum absolute atomic E-state index is 0.0428. The SMILES string of the molecule is Cc1ccc(C(=O)CCC(=O)NCC(c2cccs2)N2CCOCC2)s1. The van der Waals surface area contributed by atoms with Crippen molar-refractivity contribution in [3.63, 3.8) is 0 Å². The van der Waals surface area contributed by atoms with E-state index in [1.54, 1.807) is 11.3 Å². The van der Waals surface area contributed by atoms with Gasteiger partial charge in [0.1, 0.15) is 0 Å². The standard InChI is InChI=1S/C19H24N2O3S2/c1-14-4-6-18(26-14)16(22)5-7-19(23)20-13-15(17-3-2-12-25-17)21-8-10-24-11-9-21/h2-4,6,12,15H,5,7-11,13H2,1H3,(H,20,23). The maximum absolute atomic E-state index is 12.2. The lowest BCUT2D eigenvalue weighted by molar-refractivity contribution is -0.121. The highest BCUT2D eigenvalue weighted by Crippen LogP contribution is 2.25. The quantitative estimate of drug-likeness (QED) is 0.701. The van der Waals surface area contributed by atoms with E-state index in [1.807, 2.05) is 25.1 Å². The van der Waals surface area contributed by atoms with E-state index in [2.05, 4.69) is 21.7 Å². The van der Waals surface area contributed by atoms with Crippen molar-refractivity contribution in [2.75, 3.05) is 32.8 Å². The molecule has 0 saturated carbocycles. The Bertz CT molecular complexity index is 721. The molecule has 140 valence electrons. The van der Waals surface area contributed by atoms with E-state index < -0.39 is 0 Å². The highest BCUT2D eigenvalue weighted by molar-refractivity contribution is 7.14. The topological polar surface area (TPSA) is 58.6 Å². The van der Waals surface area contributed by atoms with Crippen molar-refractivity contribution in [1.29, 1.82) is 0 Å². The molecule has 1 saturated heterocycles. The fraction of sp³-hybridized carbons (Fsp3) is 0.474. The lowest BCUT2D eigenvalue weighted by Gasteiger charge is -2.34. The Balaban J connectivity index is 1.50. The van der Waals surface area contributed by atoms with Crippen molar-refractivity contribution in [2.24, 2.45) is 0 Å². The van der Waals surface area contributed by atoms with Gasteiger partial charge >= 0.3 is 0 Å². The average Bonchev–Trinajstić information content (AvgIpc) is 3.33. The number of thiophene rings is 2. The third kappa shape index (κ3) is 5.23. The maximum atomic E-state index is 12.2. The molecule has 3 rings (SSSR count). The average molecular weight is 393 g/mol. The summed E-state index contributed by atoms with van der Waals surface area (Å²) >= 11 is 3.19. The first-order valence-electron chi connectivity index (χ1n) is 8.85. The summed E-state index contributed by atoms with van der Waals surface area (Å²) in [6.45, 7) is 5.73. The van der Waals surface area contributed by atoms with Gasteiger partial charge < -0.3 is 10.1 Å². The molecule has 0 aromatic carbocycles. The molecule has 1 N–H and O–H groups in total. The molecule has 2 aromatic heterocycles. The van der Waals surface area contributed by atoms with Crippen LogP contribution in [0.25, 0.3) is 0 Å². The number of carbonyl (C=O) groups is 2. The molecule has 1 aliphatic heterocycles. The number of nitrogens with zero attached hydrogens (tertiary/aromatic N) is 1. The number of ketones is 1. The Morgan fingerprint density at radius 3 is 2.69 bits per heavy atom. The zero-order chi connectivity index (χ0) is 18.4. The van der Waals surface area contributed by atoms with Gasteiger partial charge in [0.05, 0.1) is 24.1 Å².